The minimum atomic E-state index is 0.230. The van der Waals surface area contributed by atoms with Crippen molar-refractivity contribution in [1.82, 2.24) is 4.98 Å². The monoisotopic (exact) mass is 267 g/mol. The molecule has 3 rings (SSSR count). The Morgan fingerprint density at radius 3 is 3.00 bits per heavy atom. The number of nitriles is 1. The highest BCUT2D eigenvalue weighted by molar-refractivity contribution is 5.86. The van der Waals surface area contributed by atoms with Crippen molar-refractivity contribution in [2.45, 2.75) is 31.4 Å². The van der Waals surface area contributed by atoms with Crippen LogP contribution in [-0.4, -0.2) is 24.2 Å². The van der Waals surface area contributed by atoms with Crippen molar-refractivity contribution < 1.29 is 4.74 Å². The summed E-state index contributed by atoms with van der Waals surface area (Å²) in [6, 6.07) is 12.1. The highest BCUT2D eigenvalue weighted by atomic mass is 16.5. The fraction of sp³-hybridized carbons (Fsp3) is 0.375. The van der Waals surface area contributed by atoms with E-state index in [-0.39, 0.29) is 12.1 Å². The fourth-order valence-corrected chi connectivity index (χ4v) is 2.91. The molecule has 1 aliphatic carbocycles. The Balaban J connectivity index is 1.94. The number of methoxy groups -OCH3 is 1. The van der Waals surface area contributed by atoms with Crippen LogP contribution in [0.15, 0.2) is 30.3 Å². The van der Waals surface area contributed by atoms with Gasteiger partial charge in [-0.05, 0) is 31.4 Å². The zero-order valence-electron chi connectivity index (χ0n) is 11.5. The minimum absolute atomic E-state index is 0.230. The predicted molar refractivity (Wildman–Crippen MR) is 78.5 cm³/mol. The van der Waals surface area contributed by atoms with E-state index < -0.39 is 0 Å². The van der Waals surface area contributed by atoms with Crippen molar-refractivity contribution in [2.24, 2.45) is 0 Å². The number of anilines is 1. The Morgan fingerprint density at radius 2 is 2.20 bits per heavy atom. The molecule has 2 unspecified atom stereocenters. The average Bonchev–Trinajstić information content (AvgIpc) is 2.93. The highest BCUT2D eigenvalue weighted by Crippen LogP contribution is 2.26. The second-order valence-electron chi connectivity index (χ2n) is 5.14. The minimum Gasteiger partial charge on any atom is -0.379 e. The van der Waals surface area contributed by atoms with Crippen molar-refractivity contribution in [3.63, 3.8) is 0 Å². The van der Waals surface area contributed by atoms with Crippen LogP contribution in [0.2, 0.25) is 0 Å². The SMILES string of the molecule is COC1CCCC1Nc1cc(C#N)c2ccccc2n1. The number of nitrogens with one attached hydrogen (secondary N) is 1. The molecular weight excluding hydrogens is 250 g/mol. The molecule has 4 nitrogen and oxygen atoms in total. The van der Waals surface area contributed by atoms with Gasteiger partial charge in [-0.3, -0.25) is 0 Å². The van der Waals surface area contributed by atoms with Gasteiger partial charge in [0.15, 0.2) is 0 Å². The number of benzene rings is 1. The number of hydrogen-bond donors (Lipinski definition) is 1. The first-order chi connectivity index (χ1) is 9.81. The molecule has 1 aromatic heterocycles. The number of para-hydroxylation sites is 1. The predicted octanol–water partition coefficient (Wildman–Crippen LogP) is 3.09. The van der Waals surface area contributed by atoms with E-state index in [2.05, 4.69) is 16.4 Å². The third-order valence-corrected chi connectivity index (χ3v) is 3.93. The number of ether oxygens (including phenoxy) is 1. The molecule has 2 atom stereocenters. The van der Waals surface area contributed by atoms with Crippen molar-refractivity contribution in [3.8, 4) is 6.07 Å². The van der Waals surface area contributed by atoms with Crippen LogP contribution in [0, 0.1) is 11.3 Å². The molecule has 0 saturated heterocycles. The molecule has 0 radical (unpaired) electrons. The Labute approximate surface area is 118 Å². The van der Waals surface area contributed by atoms with E-state index in [4.69, 9.17) is 4.74 Å². The van der Waals surface area contributed by atoms with Gasteiger partial charge in [0.2, 0.25) is 0 Å². The second kappa shape index (κ2) is 5.48. The fourth-order valence-electron chi connectivity index (χ4n) is 2.91. The summed E-state index contributed by atoms with van der Waals surface area (Å²) in [4.78, 5) is 4.60. The van der Waals surface area contributed by atoms with Crippen LogP contribution in [0.3, 0.4) is 0 Å². The van der Waals surface area contributed by atoms with Gasteiger partial charge in [-0.2, -0.15) is 5.26 Å². The molecule has 1 heterocycles. The van der Waals surface area contributed by atoms with Gasteiger partial charge in [-0.25, -0.2) is 4.98 Å². The molecule has 0 bridgehead atoms. The number of hydrogen-bond acceptors (Lipinski definition) is 4. The first-order valence-corrected chi connectivity index (χ1v) is 6.91. The zero-order valence-corrected chi connectivity index (χ0v) is 11.5. The Kier molecular flexibility index (Phi) is 3.53. The third kappa shape index (κ3) is 2.33. The second-order valence-corrected chi connectivity index (χ2v) is 5.14. The normalized spacial score (nSPS) is 21.8. The summed E-state index contributed by atoms with van der Waals surface area (Å²) in [5, 5.41) is 13.6. The maximum Gasteiger partial charge on any atom is 0.128 e. The number of fused-ring (bicyclic) bond motifs is 1. The lowest BCUT2D eigenvalue weighted by molar-refractivity contribution is 0.101. The molecule has 1 aliphatic rings. The van der Waals surface area contributed by atoms with E-state index in [9.17, 15) is 5.26 Å². The van der Waals surface area contributed by atoms with Crippen LogP contribution >= 0.6 is 0 Å². The molecule has 0 spiro atoms. The number of aromatic nitrogens is 1. The molecule has 1 fully saturated rings. The number of rotatable bonds is 3. The topological polar surface area (TPSA) is 57.9 Å². The molecule has 20 heavy (non-hydrogen) atoms. The van der Waals surface area contributed by atoms with Gasteiger partial charge in [0.25, 0.3) is 0 Å². The van der Waals surface area contributed by atoms with Crippen LogP contribution in [0.1, 0.15) is 24.8 Å². The Hall–Kier alpha value is -2.12. The summed E-state index contributed by atoms with van der Waals surface area (Å²) in [5.41, 5.74) is 1.51. The summed E-state index contributed by atoms with van der Waals surface area (Å²) in [6.07, 6.45) is 3.55. The molecular formula is C16H17N3O. The summed E-state index contributed by atoms with van der Waals surface area (Å²) in [7, 11) is 1.75. The van der Waals surface area contributed by atoms with E-state index >= 15 is 0 Å². The van der Waals surface area contributed by atoms with Crippen LogP contribution in [0.4, 0.5) is 5.82 Å². The smallest absolute Gasteiger partial charge is 0.128 e. The lowest BCUT2D eigenvalue weighted by atomic mass is 10.1. The van der Waals surface area contributed by atoms with Crippen molar-refractivity contribution >= 4 is 16.7 Å². The van der Waals surface area contributed by atoms with E-state index in [1.807, 2.05) is 30.3 Å². The molecule has 4 heteroatoms. The van der Waals surface area contributed by atoms with Gasteiger partial charge >= 0.3 is 0 Å². The Morgan fingerprint density at radius 1 is 1.35 bits per heavy atom. The third-order valence-electron chi connectivity index (χ3n) is 3.93. The summed E-state index contributed by atoms with van der Waals surface area (Å²) in [5.74, 6) is 0.759. The lowest BCUT2D eigenvalue weighted by Gasteiger charge is -2.20. The van der Waals surface area contributed by atoms with E-state index in [1.165, 1.54) is 0 Å². The standard InChI is InChI=1S/C16H17N3O/c1-20-15-8-4-7-14(15)19-16-9-11(10-17)12-5-2-3-6-13(12)18-16/h2-3,5-6,9,14-15H,4,7-8H2,1H3,(H,18,19). The zero-order chi connectivity index (χ0) is 13.9. The van der Waals surface area contributed by atoms with Gasteiger partial charge < -0.3 is 10.1 Å². The highest BCUT2D eigenvalue weighted by Gasteiger charge is 2.27. The van der Waals surface area contributed by atoms with E-state index in [0.29, 0.717) is 5.56 Å². The van der Waals surface area contributed by atoms with Crippen LogP contribution in [-0.2, 0) is 4.74 Å². The van der Waals surface area contributed by atoms with Gasteiger partial charge in [0, 0.05) is 12.5 Å². The van der Waals surface area contributed by atoms with Gasteiger partial charge in [0.1, 0.15) is 5.82 Å². The molecule has 1 aromatic carbocycles. The van der Waals surface area contributed by atoms with Crippen LogP contribution in [0.25, 0.3) is 10.9 Å². The number of nitrogens with zero attached hydrogens (tertiary/aromatic N) is 2. The molecule has 102 valence electrons. The van der Waals surface area contributed by atoms with Gasteiger partial charge in [0.05, 0.1) is 29.3 Å². The largest absolute Gasteiger partial charge is 0.379 e. The molecule has 2 aromatic rings. The quantitative estimate of drug-likeness (QED) is 0.928. The summed E-state index contributed by atoms with van der Waals surface area (Å²) >= 11 is 0. The lowest BCUT2D eigenvalue weighted by Crippen LogP contribution is -2.30. The average molecular weight is 267 g/mol. The molecule has 0 amide bonds. The first-order valence-electron chi connectivity index (χ1n) is 6.91. The van der Waals surface area contributed by atoms with Gasteiger partial charge in [-0.1, -0.05) is 18.2 Å². The molecule has 0 aliphatic heterocycles. The van der Waals surface area contributed by atoms with Crippen LogP contribution < -0.4 is 5.32 Å². The van der Waals surface area contributed by atoms with E-state index in [1.54, 1.807) is 7.11 Å². The molecule has 1 saturated carbocycles. The van der Waals surface area contributed by atoms with Gasteiger partial charge in [-0.15, -0.1) is 0 Å². The van der Waals surface area contributed by atoms with Crippen LogP contribution in [0.5, 0.6) is 0 Å². The van der Waals surface area contributed by atoms with Crippen molar-refractivity contribution in [3.05, 3.63) is 35.9 Å². The summed E-state index contributed by atoms with van der Waals surface area (Å²) in [6.45, 7) is 0. The molecule has 1 N–H and O–H groups in total. The maximum atomic E-state index is 9.29. The van der Waals surface area contributed by atoms with Crippen molar-refractivity contribution in [2.75, 3.05) is 12.4 Å². The maximum absolute atomic E-state index is 9.29. The van der Waals surface area contributed by atoms with E-state index in [0.717, 1.165) is 36.0 Å². The first kappa shape index (κ1) is 12.9. The van der Waals surface area contributed by atoms with Crippen molar-refractivity contribution in [1.29, 1.82) is 5.26 Å². The Bertz CT molecular complexity index is 662. The summed E-state index contributed by atoms with van der Waals surface area (Å²) < 4.78 is 5.48. The number of pyridine rings is 1.